The van der Waals surface area contributed by atoms with Crippen molar-refractivity contribution in [2.45, 2.75) is 136 Å². The lowest BCUT2D eigenvalue weighted by atomic mass is 9.88. The van der Waals surface area contributed by atoms with Gasteiger partial charge in [0.2, 0.25) is 17.5 Å². The standard InChI is InChI=1S/C26H31NO3.C17H26N2O2.C13H14O4.CH3F/c1-4-19-6-5-7-22(16-19)21-12-14-27(15-13-21)25(28)11-9-20-8-10-23-18-29-26(2,3)30-24(23)17-20;1-17(2,3)21-16(20)19-12-13-5-4-6-15(11-13)14-7-9-18-10-8-14;1-13(2)16-8-10-5-3-9(4-6-12(14)15)7-11(10)17-13;1-2/h5-11,16-17,21H,4,12-15,18H2,1-3H3;4-6,11,14,18H,7-10,12H2,1-3H3,(H,19,20);3-7H,8H2,1-2H3,(H,14,15);1H3/b11-9+;;6-4+;/i;;;1D. The van der Waals surface area contributed by atoms with Crippen molar-refractivity contribution in [2.75, 3.05) is 33.3 Å². The molecule has 4 aliphatic heterocycles. The Balaban J connectivity index is 0.000000201. The maximum atomic E-state index is 12.7. The second kappa shape index (κ2) is 25.7. The van der Waals surface area contributed by atoms with Crippen LogP contribution >= 0.6 is 0 Å². The van der Waals surface area contributed by atoms with Gasteiger partial charge in [-0.25, -0.2) is 9.59 Å². The van der Waals surface area contributed by atoms with E-state index in [0.29, 0.717) is 31.6 Å². The Kier molecular flexibility index (Phi) is 19.6. The van der Waals surface area contributed by atoms with Gasteiger partial charge in [-0.05, 0) is 135 Å². The van der Waals surface area contributed by atoms with Gasteiger partial charge in [0.15, 0.2) is 0 Å². The molecule has 2 saturated heterocycles. The molecule has 0 radical (unpaired) electrons. The highest BCUT2D eigenvalue weighted by atomic mass is 19.1. The van der Waals surface area contributed by atoms with Gasteiger partial charge in [-0.1, -0.05) is 79.7 Å². The molecule has 0 unspecified atom stereocenters. The molecule has 4 aliphatic rings. The molecule has 0 aromatic heterocycles. The minimum absolute atomic E-state index is 0.0815. The van der Waals surface area contributed by atoms with Crippen LogP contribution < -0.4 is 20.1 Å². The molecule has 4 aromatic carbocycles. The van der Waals surface area contributed by atoms with Crippen molar-refractivity contribution < 1.29 is 48.9 Å². The Morgan fingerprint density at radius 1 is 0.786 bits per heavy atom. The van der Waals surface area contributed by atoms with Crippen molar-refractivity contribution in [2.24, 2.45) is 0 Å². The molecule has 378 valence electrons. The summed E-state index contributed by atoms with van der Waals surface area (Å²) in [5.41, 5.74) is 8.60. The number of carbonyl (C=O) groups is 3. The molecule has 70 heavy (non-hydrogen) atoms. The number of benzene rings is 4. The number of fused-ring (bicyclic) bond motifs is 2. The lowest BCUT2D eigenvalue weighted by molar-refractivity contribution is -0.180. The van der Waals surface area contributed by atoms with Crippen molar-refractivity contribution in [1.82, 2.24) is 15.5 Å². The summed E-state index contributed by atoms with van der Waals surface area (Å²) in [6.45, 7) is 20.6. The van der Waals surface area contributed by atoms with Crippen LogP contribution in [0.5, 0.6) is 11.5 Å². The second-order valence-corrected chi connectivity index (χ2v) is 19.6. The Morgan fingerprint density at radius 2 is 1.29 bits per heavy atom. The van der Waals surface area contributed by atoms with Gasteiger partial charge >= 0.3 is 12.1 Å². The SMILES string of the molecule is CC(C)(C)OC(=O)NCc1cccc(C2CCNCC2)c1.CC1(C)OCc2ccc(/C=C/C(=O)O)cc2O1.CCc1cccc(C2CCN(C(=O)/C=C/c3ccc4c(c3)OC(C)(C)OC4)CC2)c1.[2H]CF. The molecule has 0 atom stereocenters. The third-order valence-electron chi connectivity index (χ3n) is 12.1. The topological polar surface area (TPSA) is 145 Å². The van der Waals surface area contributed by atoms with E-state index in [1.165, 1.54) is 35.6 Å². The lowest BCUT2D eigenvalue weighted by Gasteiger charge is -2.32. The first-order chi connectivity index (χ1) is 33.7. The van der Waals surface area contributed by atoms with Crippen molar-refractivity contribution in [3.8, 4) is 11.5 Å². The smallest absolute Gasteiger partial charge is 0.407 e. The summed E-state index contributed by atoms with van der Waals surface area (Å²) < 4.78 is 43.5. The number of carboxylic acid groups (broad SMARTS) is 1. The summed E-state index contributed by atoms with van der Waals surface area (Å²) in [6.07, 6.45) is 11.3. The van der Waals surface area contributed by atoms with Crippen LogP contribution in [0.4, 0.5) is 9.18 Å². The number of nitrogens with zero attached hydrogens (tertiary/aromatic N) is 1. The van der Waals surface area contributed by atoms with E-state index in [2.05, 4.69) is 60.0 Å². The van der Waals surface area contributed by atoms with E-state index in [-0.39, 0.29) is 12.0 Å². The van der Waals surface area contributed by atoms with E-state index in [0.717, 1.165) is 90.8 Å². The zero-order chi connectivity index (χ0) is 51.6. The fourth-order valence-electron chi connectivity index (χ4n) is 8.41. The number of halogens is 1. The molecule has 13 heteroatoms. The predicted octanol–water partition coefficient (Wildman–Crippen LogP) is 11.5. The number of likely N-dealkylation sites (tertiary alicyclic amines) is 1. The molecule has 0 saturated carbocycles. The average molecular weight is 965 g/mol. The van der Waals surface area contributed by atoms with Crippen LogP contribution in [0.1, 0.15) is 139 Å². The number of nitrogens with one attached hydrogen (secondary N) is 2. The maximum absolute atomic E-state index is 12.7. The van der Waals surface area contributed by atoms with Crippen LogP contribution in [-0.4, -0.2) is 78.5 Å². The van der Waals surface area contributed by atoms with Gasteiger partial charge in [-0.2, -0.15) is 0 Å². The number of hydrogen-bond donors (Lipinski definition) is 3. The normalized spacial score (nSPS) is 17.6. The predicted molar refractivity (Wildman–Crippen MR) is 273 cm³/mol. The van der Waals surface area contributed by atoms with Gasteiger partial charge in [0.25, 0.3) is 0 Å². The zero-order valence-corrected chi connectivity index (χ0v) is 42.3. The average Bonchev–Trinajstić information content (AvgIpc) is 3.34. The van der Waals surface area contributed by atoms with Crippen LogP contribution in [0.2, 0.25) is 0 Å². The first kappa shape index (κ1) is 53.3. The number of piperidine rings is 2. The van der Waals surface area contributed by atoms with E-state index < -0.39 is 30.3 Å². The number of ether oxygens (including phenoxy) is 5. The fourth-order valence-corrected chi connectivity index (χ4v) is 8.41. The lowest BCUT2D eigenvalue weighted by Crippen LogP contribution is -2.36. The molecular formula is C57H74FN3O9. The van der Waals surface area contributed by atoms with E-state index in [1.54, 1.807) is 6.08 Å². The monoisotopic (exact) mass is 965 g/mol. The highest BCUT2D eigenvalue weighted by molar-refractivity contribution is 5.92. The number of hydrogen-bond acceptors (Lipinski definition) is 9. The van der Waals surface area contributed by atoms with Crippen molar-refractivity contribution in [1.29, 1.82) is 0 Å². The minimum atomic E-state index is -1.00. The van der Waals surface area contributed by atoms with Gasteiger partial charge in [0.05, 0.1) is 21.7 Å². The highest BCUT2D eigenvalue weighted by Gasteiger charge is 2.29. The third-order valence-corrected chi connectivity index (χ3v) is 12.1. The number of carbonyl (C=O) groups excluding carboxylic acids is 2. The van der Waals surface area contributed by atoms with Crippen molar-refractivity contribution in [3.05, 3.63) is 142 Å². The van der Waals surface area contributed by atoms with Crippen LogP contribution in [0.15, 0.2) is 97.1 Å². The molecule has 4 aromatic rings. The largest absolute Gasteiger partial charge is 0.478 e. The van der Waals surface area contributed by atoms with Crippen LogP contribution in [0.25, 0.3) is 12.2 Å². The van der Waals surface area contributed by atoms with Crippen molar-refractivity contribution in [3.63, 3.8) is 0 Å². The van der Waals surface area contributed by atoms with E-state index in [1.807, 2.05) is 102 Å². The second-order valence-electron chi connectivity index (χ2n) is 19.6. The molecule has 2 amide bonds. The summed E-state index contributed by atoms with van der Waals surface area (Å²) >= 11 is 0. The number of rotatable bonds is 9. The van der Waals surface area contributed by atoms with Gasteiger partial charge < -0.3 is 44.3 Å². The molecule has 2 fully saturated rings. The minimum Gasteiger partial charge on any atom is -0.478 e. The van der Waals surface area contributed by atoms with Crippen LogP contribution in [0, 0.1) is 0 Å². The first-order valence-electron chi connectivity index (χ1n) is 25.0. The molecular weight excluding hydrogens is 890 g/mol. The molecule has 3 N–H and O–H groups in total. The third kappa shape index (κ3) is 17.7. The number of carboxylic acids is 1. The Hall–Kier alpha value is -6.02. The summed E-state index contributed by atoms with van der Waals surface area (Å²) in [4.78, 5) is 36.8. The molecule has 12 nitrogen and oxygen atoms in total. The molecule has 0 bridgehead atoms. The number of amides is 2. The number of aryl methyl sites for hydroxylation is 1. The van der Waals surface area contributed by atoms with Crippen molar-refractivity contribution >= 4 is 30.1 Å². The molecule has 8 rings (SSSR count). The van der Waals surface area contributed by atoms with Gasteiger partial charge in [0.1, 0.15) is 17.1 Å². The number of alkyl halides is 1. The van der Waals surface area contributed by atoms with E-state index in [4.69, 9.17) is 30.2 Å². The van der Waals surface area contributed by atoms with Crippen LogP contribution in [0.3, 0.4) is 0 Å². The van der Waals surface area contributed by atoms with Gasteiger partial charge in [0, 0.05) is 70.6 Å². The highest BCUT2D eigenvalue weighted by Crippen LogP contribution is 2.34. The Labute approximate surface area is 416 Å². The Morgan fingerprint density at radius 3 is 1.80 bits per heavy atom. The molecule has 4 heterocycles. The van der Waals surface area contributed by atoms with Crippen LogP contribution in [-0.2, 0) is 50.0 Å². The maximum Gasteiger partial charge on any atom is 0.407 e. The summed E-state index contributed by atoms with van der Waals surface area (Å²) in [7, 11) is -1.00. The number of aliphatic carboxylic acids is 1. The zero-order valence-electron chi connectivity index (χ0n) is 43.3. The molecule has 0 aliphatic carbocycles. The summed E-state index contributed by atoms with van der Waals surface area (Å²) in [5.74, 6) is 0.615. The summed E-state index contributed by atoms with van der Waals surface area (Å²) in [5, 5.41) is 14.8. The Bertz CT molecular complexity index is 2440. The fraction of sp³-hybridized carbons (Fsp3) is 0.456. The van der Waals surface area contributed by atoms with Gasteiger partial charge in [-0.15, -0.1) is 0 Å². The van der Waals surface area contributed by atoms with Gasteiger partial charge in [-0.3, -0.25) is 9.18 Å². The number of alkyl carbamates (subject to hydrolysis) is 1. The van der Waals surface area contributed by atoms with E-state index in [9.17, 15) is 18.8 Å². The quantitative estimate of drug-likeness (QED) is 0.139. The first-order valence-corrected chi connectivity index (χ1v) is 24.3. The molecule has 0 spiro atoms. The van der Waals surface area contributed by atoms with E-state index >= 15 is 0 Å². The summed E-state index contributed by atoms with van der Waals surface area (Å²) in [6, 6.07) is 28.9.